The van der Waals surface area contributed by atoms with E-state index in [4.69, 9.17) is 0 Å². The number of carbonyl (C=O) groups excluding carboxylic acids is 2. The zero-order valence-electron chi connectivity index (χ0n) is 13.7. The first kappa shape index (κ1) is 16.5. The lowest BCUT2D eigenvalue weighted by atomic mass is 10.1. The van der Waals surface area contributed by atoms with Gasteiger partial charge >= 0.3 is 0 Å². The third-order valence-corrected chi connectivity index (χ3v) is 4.25. The van der Waals surface area contributed by atoms with Crippen LogP contribution in [0.15, 0.2) is 24.3 Å². The Morgan fingerprint density at radius 1 is 1.14 bits per heavy atom. The maximum atomic E-state index is 12.4. The van der Waals surface area contributed by atoms with Crippen molar-refractivity contribution in [3.8, 4) is 0 Å². The molecule has 120 valence electrons. The van der Waals surface area contributed by atoms with Gasteiger partial charge in [0.15, 0.2) is 0 Å². The highest BCUT2D eigenvalue weighted by atomic mass is 16.2. The predicted molar refractivity (Wildman–Crippen MR) is 86.3 cm³/mol. The van der Waals surface area contributed by atoms with E-state index in [0.717, 1.165) is 37.3 Å². The summed E-state index contributed by atoms with van der Waals surface area (Å²) >= 11 is 0. The topological polar surface area (TPSA) is 43.9 Å². The minimum absolute atomic E-state index is 0.0388. The summed E-state index contributed by atoms with van der Waals surface area (Å²) in [5.41, 5.74) is 2.23. The molecule has 0 radical (unpaired) electrons. The zero-order valence-corrected chi connectivity index (χ0v) is 13.7. The molecule has 2 amide bonds. The van der Waals surface area contributed by atoms with Gasteiger partial charge < -0.3 is 14.7 Å². The molecule has 0 spiro atoms. The number of likely N-dealkylation sites (N-methyl/N-ethyl adjacent to an activating group) is 1. The van der Waals surface area contributed by atoms with Crippen molar-refractivity contribution < 1.29 is 9.59 Å². The van der Waals surface area contributed by atoms with E-state index in [1.165, 1.54) is 6.92 Å². The summed E-state index contributed by atoms with van der Waals surface area (Å²) in [6.07, 6.45) is 0. The third kappa shape index (κ3) is 4.31. The van der Waals surface area contributed by atoms with E-state index in [2.05, 4.69) is 11.9 Å². The molecule has 2 rings (SSSR count). The van der Waals surface area contributed by atoms with Crippen LogP contribution in [0.2, 0.25) is 0 Å². The normalized spacial score (nSPS) is 15.7. The highest BCUT2D eigenvalue weighted by Gasteiger charge is 2.22. The smallest absolute Gasteiger partial charge is 0.242 e. The SMILES string of the molecule is CC(=O)N(CC(=O)N1CCN(C)CC1)Cc1ccccc1C. The van der Waals surface area contributed by atoms with Crippen molar-refractivity contribution >= 4 is 11.8 Å². The van der Waals surface area contributed by atoms with Gasteiger partial charge in [0.1, 0.15) is 6.54 Å². The second kappa shape index (κ2) is 7.40. The fraction of sp³-hybridized carbons (Fsp3) is 0.529. The van der Waals surface area contributed by atoms with Gasteiger partial charge in [0, 0.05) is 39.6 Å². The largest absolute Gasteiger partial charge is 0.339 e. The van der Waals surface area contributed by atoms with Gasteiger partial charge in [-0.25, -0.2) is 0 Å². The predicted octanol–water partition coefficient (Wildman–Crippen LogP) is 1.12. The Balaban J connectivity index is 1.98. The molecule has 0 saturated carbocycles. The van der Waals surface area contributed by atoms with Gasteiger partial charge in [0.05, 0.1) is 0 Å². The monoisotopic (exact) mass is 303 g/mol. The van der Waals surface area contributed by atoms with E-state index in [-0.39, 0.29) is 18.4 Å². The molecule has 1 heterocycles. The first-order valence-corrected chi connectivity index (χ1v) is 7.73. The number of amides is 2. The van der Waals surface area contributed by atoms with E-state index < -0.39 is 0 Å². The maximum Gasteiger partial charge on any atom is 0.242 e. The first-order valence-electron chi connectivity index (χ1n) is 7.73. The van der Waals surface area contributed by atoms with E-state index in [9.17, 15) is 9.59 Å². The number of benzene rings is 1. The van der Waals surface area contributed by atoms with Crippen LogP contribution in [0.4, 0.5) is 0 Å². The van der Waals surface area contributed by atoms with Gasteiger partial charge in [-0.3, -0.25) is 9.59 Å². The molecule has 1 aromatic rings. The molecule has 0 aliphatic carbocycles. The van der Waals surface area contributed by atoms with Crippen molar-refractivity contribution in [3.63, 3.8) is 0 Å². The lowest BCUT2D eigenvalue weighted by Gasteiger charge is -2.34. The number of piperazine rings is 1. The Bertz CT molecular complexity index is 536. The zero-order chi connectivity index (χ0) is 16.1. The summed E-state index contributed by atoms with van der Waals surface area (Å²) < 4.78 is 0. The standard InChI is InChI=1S/C17H25N3O2/c1-14-6-4-5-7-16(14)12-20(15(2)21)13-17(22)19-10-8-18(3)9-11-19/h4-7H,8-13H2,1-3H3. The molecule has 0 bridgehead atoms. The number of hydrogen-bond donors (Lipinski definition) is 0. The van der Waals surface area contributed by atoms with E-state index >= 15 is 0 Å². The molecule has 5 heteroatoms. The third-order valence-electron chi connectivity index (χ3n) is 4.25. The van der Waals surface area contributed by atoms with Gasteiger partial charge in [-0.2, -0.15) is 0 Å². The van der Waals surface area contributed by atoms with Crippen molar-refractivity contribution in [2.24, 2.45) is 0 Å². The summed E-state index contributed by atoms with van der Waals surface area (Å²) in [5, 5.41) is 0. The van der Waals surface area contributed by atoms with Crippen molar-refractivity contribution in [3.05, 3.63) is 35.4 Å². The Hall–Kier alpha value is -1.88. The minimum atomic E-state index is -0.0641. The molecule has 1 saturated heterocycles. The summed E-state index contributed by atoms with van der Waals surface area (Å²) in [4.78, 5) is 30.0. The summed E-state index contributed by atoms with van der Waals surface area (Å²) in [7, 11) is 2.06. The van der Waals surface area contributed by atoms with Gasteiger partial charge in [-0.15, -0.1) is 0 Å². The molecule has 0 atom stereocenters. The van der Waals surface area contributed by atoms with Crippen LogP contribution in [-0.2, 0) is 16.1 Å². The second-order valence-electron chi connectivity index (χ2n) is 5.99. The van der Waals surface area contributed by atoms with Crippen LogP contribution < -0.4 is 0 Å². The summed E-state index contributed by atoms with van der Waals surface area (Å²) in [6.45, 7) is 7.46. The van der Waals surface area contributed by atoms with Crippen LogP contribution in [0.3, 0.4) is 0 Å². The van der Waals surface area contributed by atoms with E-state index in [1.807, 2.05) is 36.1 Å². The van der Waals surface area contributed by atoms with E-state index in [1.54, 1.807) is 4.90 Å². The van der Waals surface area contributed by atoms with Gasteiger partial charge in [-0.05, 0) is 25.1 Å². The van der Waals surface area contributed by atoms with Crippen LogP contribution in [0, 0.1) is 6.92 Å². The Morgan fingerprint density at radius 3 is 2.36 bits per heavy atom. The maximum absolute atomic E-state index is 12.4. The molecule has 0 N–H and O–H groups in total. The Kier molecular flexibility index (Phi) is 5.55. The average molecular weight is 303 g/mol. The molecule has 1 aliphatic heterocycles. The van der Waals surface area contributed by atoms with Gasteiger partial charge in [0.2, 0.25) is 11.8 Å². The van der Waals surface area contributed by atoms with Crippen LogP contribution in [-0.4, -0.2) is 66.3 Å². The Morgan fingerprint density at radius 2 is 1.77 bits per heavy atom. The number of hydrogen-bond acceptors (Lipinski definition) is 3. The highest BCUT2D eigenvalue weighted by Crippen LogP contribution is 2.11. The van der Waals surface area contributed by atoms with Crippen LogP contribution in [0.25, 0.3) is 0 Å². The van der Waals surface area contributed by atoms with Crippen molar-refractivity contribution in [2.75, 3.05) is 39.8 Å². The molecular formula is C17H25N3O2. The van der Waals surface area contributed by atoms with Crippen molar-refractivity contribution in [1.82, 2.24) is 14.7 Å². The lowest BCUT2D eigenvalue weighted by Crippen LogP contribution is -2.50. The van der Waals surface area contributed by atoms with Crippen LogP contribution >= 0.6 is 0 Å². The molecule has 0 aromatic heterocycles. The fourth-order valence-electron chi connectivity index (χ4n) is 2.59. The first-order chi connectivity index (χ1) is 10.5. The molecule has 22 heavy (non-hydrogen) atoms. The highest BCUT2D eigenvalue weighted by molar-refractivity contribution is 5.84. The summed E-state index contributed by atoms with van der Waals surface area (Å²) in [5.74, 6) is -0.0254. The van der Waals surface area contributed by atoms with Gasteiger partial charge in [0.25, 0.3) is 0 Å². The van der Waals surface area contributed by atoms with Crippen molar-refractivity contribution in [2.45, 2.75) is 20.4 Å². The number of aryl methyl sites for hydroxylation is 1. The molecule has 1 aliphatic rings. The quantitative estimate of drug-likeness (QED) is 0.837. The number of carbonyl (C=O) groups is 2. The molecule has 1 fully saturated rings. The average Bonchev–Trinajstić information content (AvgIpc) is 2.49. The van der Waals surface area contributed by atoms with Crippen LogP contribution in [0.1, 0.15) is 18.1 Å². The second-order valence-corrected chi connectivity index (χ2v) is 5.99. The molecule has 1 aromatic carbocycles. The Labute approximate surface area is 132 Å². The lowest BCUT2D eigenvalue weighted by molar-refractivity contribution is -0.140. The van der Waals surface area contributed by atoms with Crippen molar-refractivity contribution in [1.29, 1.82) is 0 Å². The molecular weight excluding hydrogens is 278 g/mol. The van der Waals surface area contributed by atoms with E-state index in [0.29, 0.717) is 6.54 Å². The molecule has 0 unspecified atom stereocenters. The fourth-order valence-corrected chi connectivity index (χ4v) is 2.59. The number of rotatable bonds is 4. The number of nitrogens with zero attached hydrogens (tertiary/aromatic N) is 3. The minimum Gasteiger partial charge on any atom is -0.339 e. The van der Waals surface area contributed by atoms with Gasteiger partial charge in [-0.1, -0.05) is 24.3 Å². The molecule has 5 nitrogen and oxygen atoms in total. The summed E-state index contributed by atoms with van der Waals surface area (Å²) in [6, 6.07) is 7.97. The van der Waals surface area contributed by atoms with Crippen LogP contribution in [0.5, 0.6) is 0 Å².